The summed E-state index contributed by atoms with van der Waals surface area (Å²) < 4.78 is 22.0. The average Bonchev–Trinajstić information content (AvgIpc) is 2.73. The molecule has 0 spiro atoms. The highest BCUT2D eigenvalue weighted by atomic mass is 16.8. The summed E-state index contributed by atoms with van der Waals surface area (Å²) in [5.74, 6) is 0.357. The van der Waals surface area contributed by atoms with Crippen LogP contribution in [0, 0.1) is 0 Å². The Kier molecular flexibility index (Phi) is 7.22. The fourth-order valence-electron chi connectivity index (χ4n) is 3.17. The van der Waals surface area contributed by atoms with Crippen molar-refractivity contribution >= 4 is 6.08 Å². The molecule has 2 aliphatic heterocycles. The highest BCUT2D eigenvalue weighted by Gasteiger charge is 2.49. The van der Waals surface area contributed by atoms with Gasteiger partial charge in [-0.05, 0) is 17.7 Å². The van der Waals surface area contributed by atoms with E-state index in [4.69, 9.17) is 18.9 Å². The molecule has 0 saturated carbocycles. The van der Waals surface area contributed by atoms with Crippen LogP contribution in [0.25, 0.3) is 6.08 Å². The molecule has 0 aromatic heterocycles. The second-order valence-corrected chi connectivity index (χ2v) is 6.95. The lowest BCUT2D eigenvalue weighted by Crippen LogP contribution is -2.63. The van der Waals surface area contributed by atoms with Crippen LogP contribution in [0.2, 0.25) is 0 Å². The van der Waals surface area contributed by atoms with Crippen molar-refractivity contribution in [2.45, 2.75) is 55.3 Å². The molecule has 3 rings (SSSR count). The van der Waals surface area contributed by atoms with Crippen molar-refractivity contribution in [2.24, 2.45) is 0 Å². The van der Waals surface area contributed by atoms with Crippen molar-refractivity contribution in [3.05, 3.63) is 36.4 Å². The molecule has 0 unspecified atom stereocenters. The Balaban J connectivity index is 1.78. The van der Waals surface area contributed by atoms with Gasteiger partial charge in [-0.2, -0.15) is 0 Å². The Morgan fingerprint density at radius 1 is 0.966 bits per heavy atom. The molecule has 2 saturated heterocycles. The molecule has 162 valence electrons. The fourth-order valence-corrected chi connectivity index (χ4v) is 3.17. The minimum Gasteiger partial charge on any atom is -0.462 e. The van der Waals surface area contributed by atoms with Crippen molar-refractivity contribution in [3.8, 4) is 5.75 Å². The molecular formula is C19H26O10. The van der Waals surface area contributed by atoms with Gasteiger partial charge in [0.1, 0.15) is 42.4 Å². The molecule has 2 fully saturated rings. The topological polar surface area (TPSA) is 158 Å². The van der Waals surface area contributed by atoms with Crippen molar-refractivity contribution in [1.82, 2.24) is 0 Å². The minimum absolute atomic E-state index is 0.303. The van der Waals surface area contributed by atoms with Crippen LogP contribution < -0.4 is 4.74 Å². The summed E-state index contributed by atoms with van der Waals surface area (Å²) in [6.45, 7) is 2.78. The summed E-state index contributed by atoms with van der Waals surface area (Å²) in [5.41, 5.74) is 0.852. The molecule has 2 heterocycles. The summed E-state index contributed by atoms with van der Waals surface area (Å²) in [5, 5.41) is 59.6. The fraction of sp³-hybridized carbons (Fsp3) is 0.579. The molecule has 1 aromatic carbocycles. The highest BCUT2D eigenvalue weighted by Crippen LogP contribution is 2.29. The number of hydrogen-bond donors (Lipinski definition) is 6. The summed E-state index contributed by atoms with van der Waals surface area (Å²) >= 11 is 0. The minimum atomic E-state index is -1.61. The Morgan fingerprint density at radius 2 is 1.66 bits per heavy atom. The molecule has 1 aromatic rings. The molecule has 10 nitrogen and oxygen atoms in total. The van der Waals surface area contributed by atoms with Crippen LogP contribution >= 0.6 is 0 Å². The maximum absolute atomic E-state index is 10.5. The first kappa shape index (κ1) is 22.1. The first-order valence-corrected chi connectivity index (χ1v) is 9.18. The van der Waals surface area contributed by atoms with Gasteiger partial charge >= 0.3 is 0 Å². The largest absolute Gasteiger partial charge is 0.462 e. The van der Waals surface area contributed by atoms with E-state index in [1.807, 2.05) is 0 Å². The normalized spacial score (nSPS) is 40.4. The van der Waals surface area contributed by atoms with Gasteiger partial charge in [0.25, 0.3) is 0 Å². The Bertz CT molecular complexity index is 667. The molecule has 0 amide bonds. The number of benzene rings is 1. The maximum Gasteiger partial charge on any atom is 0.229 e. The molecule has 0 aliphatic carbocycles. The van der Waals surface area contributed by atoms with Gasteiger partial charge in [-0.3, -0.25) is 0 Å². The summed E-state index contributed by atoms with van der Waals surface area (Å²) in [7, 11) is 0. The van der Waals surface area contributed by atoms with Gasteiger partial charge in [0.05, 0.1) is 13.2 Å². The van der Waals surface area contributed by atoms with Gasteiger partial charge < -0.3 is 49.6 Å². The number of aliphatic hydroxyl groups excluding tert-OH is 6. The molecule has 6 N–H and O–H groups in total. The molecule has 0 bridgehead atoms. The molecule has 2 aliphatic rings. The van der Waals surface area contributed by atoms with Gasteiger partial charge in [0.15, 0.2) is 12.4 Å². The molecule has 10 heteroatoms. The second-order valence-electron chi connectivity index (χ2n) is 6.95. The van der Waals surface area contributed by atoms with E-state index in [0.29, 0.717) is 5.75 Å². The summed E-state index contributed by atoms with van der Waals surface area (Å²) in [6, 6.07) is 6.74. The van der Waals surface area contributed by atoms with Crippen LogP contribution in [-0.2, 0) is 14.2 Å². The lowest BCUT2D eigenvalue weighted by Gasteiger charge is -2.44. The monoisotopic (exact) mass is 414 g/mol. The molecule has 0 radical (unpaired) electrons. The molecular weight excluding hydrogens is 388 g/mol. The Labute approximate surface area is 167 Å². The third kappa shape index (κ3) is 4.77. The van der Waals surface area contributed by atoms with Crippen molar-refractivity contribution in [3.63, 3.8) is 0 Å². The van der Waals surface area contributed by atoms with E-state index in [1.54, 1.807) is 30.3 Å². The van der Waals surface area contributed by atoms with E-state index in [1.165, 1.54) is 0 Å². The smallest absolute Gasteiger partial charge is 0.229 e. The van der Waals surface area contributed by atoms with Crippen LogP contribution in [0.3, 0.4) is 0 Å². The standard InChI is InChI=1S/C19H26O10/c1-2-9-3-5-10(6-4-9)27-19-17(15(24)14(23)12(7-20)28-19)29-18-16(25)13(22)11(21)8-26-18/h2-6,11-25H,1,7-8H2/t11-,12-,13-,14-,15+,16+,17-,18-,19-/m1/s1. The van der Waals surface area contributed by atoms with Crippen LogP contribution in [0.15, 0.2) is 30.8 Å². The van der Waals surface area contributed by atoms with Crippen molar-refractivity contribution < 1.29 is 49.6 Å². The van der Waals surface area contributed by atoms with Gasteiger partial charge in [0, 0.05) is 0 Å². The Hall–Kier alpha value is -1.60. The summed E-state index contributed by atoms with van der Waals surface area (Å²) in [4.78, 5) is 0. The first-order valence-electron chi connectivity index (χ1n) is 9.18. The van der Waals surface area contributed by atoms with E-state index in [-0.39, 0.29) is 6.61 Å². The van der Waals surface area contributed by atoms with E-state index >= 15 is 0 Å². The van der Waals surface area contributed by atoms with E-state index in [0.717, 1.165) is 5.56 Å². The predicted octanol–water partition coefficient (Wildman–Crippen LogP) is -2.03. The Morgan fingerprint density at radius 3 is 2.28 bits per heavy atom. The van der Waals surface area contributed by atoms with E-state index in [9.17, 15) is 30.6 Å². The van der Waals surface area contributed by atoms with E-state index < -0.39 is 61.9 Å². The third-order valence-corrected chi connectivity index (χ3v) is 4.94. The van der Waals surface area contributed by atoms with Crippen LogP contribution in [0.5, 0.6) is 5.75 Å². The SMILES string of the molecule is C=Cc1ccc(O[C@@H]2O[C@H](CO)[C@@H](O)[C@H](O)[C@H]2O[C@H]2OC[C@@H](O)[C@@H](O)[C@@H]2O)cc1. The number of ether oxygens (including phenoxy) is 4. The lowest BCUT2D eigenvalue weighted by atomic mass is 9.98. The van der Waals surface area contributed by atoms with Crippen LogP contribution in [0.4, 0.5) is 0 Å². The van der Waals surface area contributed by atoms with Crippen LogP contribution in [-0.4, -0.2) is 99.2 Å². The average molecular weight is 414 g/mol. The van der Waals surface area contributed by atoms with E-state index in [2.05, 4.69) is 6.58 Å². The third-order valence-electron chi connectivity index (χ3n) is 4.94. The second kappa shape index (κ2) is 9.47. The highest BCUT2D eigenvalue weighted by molar-refractivity contribution is 5.48. The van der Waals surface area contributed by atoms with Gasteiger partial charge in [0.2, 0.25) is 6.29 Å². The number of hydrogen-bond acceptors (Lipinski definition) is 10. The molecule has 9 atom stereocenters. The summed E-state index contributed by atoms with van der Waals surface area (Å²) in [6.07, 6.45) is -11.0. The number of rotatable bonds is 6. The number of aliphatic hydroxyl groups is 6. The van der Waals surface area contributed by atoms with Gasteiger partial charge in [-0.1, -0.05) is 24.8 Å². The van der Waals surface area contributed by atoms with Crippen LogP contribution in [0.1, 0.15) is 5.56 Å². The van der Waals surface area contributed by atoms with Crippen molar-refractivity contribution in [2.75, 3.05) is 13.2 Å². The first-order chi connectivity index (χ1) is 13.8. The zero-order chi connectivity index (χ0) is 21.1. The van der Waals surface area contributed by atoms with Gasteiger partial charge in [-0.25, -0.2) is 0 Å². The zero-order valence-corrected chi connectivity index (χ0v) is 15.5. The zero-order valence-electron chi connectivity index (χ0n) is 15.5. The maximum atomic E-state index is 10.5. The lowest BCUT2D eigenvalue weighted by molar-refractivity contribution is -0.344. The predicted molar refractivity (Wildman–Crippen MR) is 97.6 cm³/mol. The van der Waals surface area contributed by atoms with Crippen molar-refractivity contribution in [1.29, 1.82) is 0 Å². The van der Waals surface area contributed by atoms with Gasteiger partial charge in [-0.15, -0.1) is 0 Å². The molecule has 29 heavy (non-hydrogen) atoms. The quantitative estimate of drug-likeness (QED) is 0.307.